The minimum Gasteiger partial charge on any atom is -0.465 e. The van der Waals surface area contributed by atoms with Gasteiger partial charge < -0.3 is 15.0 Å². The number of nitrogens with zero attached hydrogens (tertiary/aromatic N) is 1. The standard InChI is InChI=1S/C26H28N2O3/c1-31-26(30)21-11-9-19(10-12-21)17-27-16-15-23-13-14-25(29)28(23)18-22-7-4-6-20-5-2-3-8-24(20)22/h2-12,23,27H,13-18H2,1H3/t23-/m1/s1. The molecule has 5 heteroatoms. The molecule has 1 atom stereocenters. The van der Waals surface area contributed by atoms with Crippen LogP contribution in [0.5, 0.6) is 0 Å². The predicted octanol–water partition coefficient (Wildman–Crippen LogP) is 4.30. The van der Waals surface area contributed by atoms with Crippen LogP contribution < -0.4 is 5.32 Å². The maximum Gasteiger partial charge on any atom is 0.337 e. The van der Waals surface area contributed by atoms with E-state index in [0.29, 0.717) is 18.5 Å². The molecular formula is C26H28N2O3. The molecule has 1 saturated heterocycles. The fraction of sp³-hybridized carbons (Fsp3) is 0.308. The van der Waals surface area contributed by atoms with E-state index in [-0.39, 0.29) is 17.9 Å². The molecule has 1 heterocycles. The van der Waals surface area contributed by atoms with Gasteiger partial charge in [0.25, 0.3) is 0 Å². The number of hydrogen-bond acceptors (Lipinski definition) is 4. The van der Waals surface area contributed by atoms with Crippen molar-refractivity contribution in [2.24, 2.45) is 0 Å². The molecule has 0 aliphatic carbocycles. The summed E-state index contributed by atoms with van der Waals surface area (Å²) in [6.07, 6.45) is 2.47. The number of rotatable bonds is 8. The van der Waals surface area contributed by atoms with Crippen molar-refractivity contribution in [3.8, 4) is 0 Å². The predicted molar refractivity (Wildman–Crippen MR) is 122 cm³/mol. The Bertz CT molecular complexity index is 1060. The zero-order chi connectivity index (χ0) is 21.6. The van der Waals surface area contributed by atoms with Crippen LogP contribution in [0.1, 0.15) is 40.7 Å². The third-order valence-electron chi connectivity index (χ3n) is 6.03. The summed E-state index contributed by atoms with van der Waals surface area (Å²) in [7, 11) is 1.38. The van der Waals surface area contributed by atoms with Gasteiger partial charge in [-0.3, -0.25) is 4.79 Å². The van der Waals surface area contributed by atoms with E-state index in [1.165, 1.54) is 23.4 Å². The number of carbonyl (C=O) groups excluding carboxylic acids is 2. The Morgan fingerprint density at radius 1 is 1.06 bits per heavy atom. The van der Waals surface area contributed by atoms with E-state index in [2.05, 4.69) is 46.6 Å². The zero-order valence-corrected chi connectivity index (χ0v) is 17.8. The molecule has 0 saturated carbocycles. The summed E-state index contributed by atoms with van der Waals surface area (Å²) < 4.78 is 4.73. The minimum absolute atomic E-state index is 0.247. The number of amides is 1. The van der Waals surface area contributed by atoms with Gasteiger partial charge in [0.1, 0.15) is 0 Å². The van der Waals surface area contributed by atoms with Crippen molar-refractivity contribution in [1.82, 2.24) is 10.2 Å². The van der Waals surface area contributed by atoms with Crippen molar-refractivity contribution < 1.29 is 14.3 Å². The highest BCUT2D eigenvalue weighted by molar-refractivity contribution is 5.89. The van der Waals surface area contributed by atoms with Crippen molar-refractivity contribution in [2.75, 3.05) is 13.7 Å². The highest BCUT2D eigenvalue weighted by atomic mass is 16.5. The summed E-state index contributed by atoms with van der Waals surface area (Å²) in [5, 5.41) is 5.90. The van der Waals surface area contributed by atoms with E-state index in [1.807, 2.05) is 18.2 Å². The second-order valence-corrected chi connectivity index (χ2v) is 8.01. The van der Waals surface area contributed by atoms with Gasteiger partial charge >= 0.3 is 5.97 Å². The highest BCUT2D eigenvalue weighted by Gasteiger charge is 2.30. The smallest absolute Gasteiger partial charge is 0.337 e. The molecule has 31 heavy (non-hydrogen) atoms. The van der Waals surface area contributed by atoms with E-state index in [1.54, 1.807) is 12.1 Å². The molecule has 0 bridgehead atoms. The summed E-state index contributed by atoms with van der Waals surface area (Å²) in [6.45, 7) is 2.23. The quantitative estimate of drug-likeness (QED) is 0.439. The zero-order valence-electron chi connectivity index (χ0n) is 17.8. The maximum absolute atomic E-state index is 12.6. The molecule has 0 unspecified atom stereocenters. The van der Waals surface area contributed by atoms with Gasteiger partial charge in [-0.15, -0.1) is 0 Å². The number of carbonyl (C=O) groups is 2. The number of benzene rings is 3. The SMILES string of the molecule is COC(=O)c1ccc(CNCC[C@H]2CCC(=O)N2Cc2cccc3ccccc23)cc1. The molecule has 4 rings (SSSR count). The van der Waals surface area contributed by atoms with Crippen molar-refractivity contribution in [2.45, 2.75) is 38.4 Å². The van der Waals surface area contributed by atoms with Crippen LogP contribution in [0.15, 0.2) is 66.7 Å². The van der Waals surface area contributed by atoms with E-state index in [9.17, 15) is 9.59 Å². The molecule has 160 valence electrons. The number of likely N-dealkylation sites (tertiary alicyclic amines) is 1. The van der Waals surface area contributed by atoms with Gasteiger partial charge in [-0.2, -0.15) is 0 Å². The topological polar surface area (TPSA) is 58.6 Å². The Morgan fingerprint density at radius 2 is 1.84 bits per heavy atom. The van der Waals surface area contributed by atoms with Crippen molar-refractivity contribution in [3.63, 3.8) is 0 Å². The second kappa shape index (κ2) is 9.75. The van der Waals surface area contributed by atoms with E-state index >= 15 is 0 Å². The fourth-order valence-corrected chi connectivity index (χ4v) is 4.30. The number of hydrogen-bond donors (Lipinski definition) is 1. The van der Waals surface area contributed by atoms with Gasteiger partial charge in [0, 0.05) is 25.6 Å². The fourth-order valence-electron chi connectivity index (χ4n) is 4.30. The van der Waals surface area contributed by atoms with Crippen LogP contribution in [0.4, 0.5) is 0 Å². The Balaban J connectivity index is 1.32. The normalized spacial score (nSPS) is 16.1. The number of nitrogens with one attached hydrogen (secondary N) is 1. The van der Waals surface area contributed by atoms with Gasteiger partial charge in [-0.25, -0.2) is 4.79 Å². The Hall–Kier alpha value is -3.18. The molecule has 1 aliphatic rings. The number of ether oxygens (including phenoxy) is 1. The van der Waals surface area contributed by atoms with Crippen molar-refractivity contribution in [1.29, 1.82) is 0 Å². The summed E-state index contributed by atoms with van der Waals surface area (Å²) in [6, 6.07) is 22.4. The van der Waals surface area contributed by atoms with Gasteiger partial charge in [0.05, 0.1) is 12.7 Å². The average Bonchev–Trinajstić information content (AvgIpc) is 3.16. The Morgan fingerprint density at radius 3 is 2.65 bits per heavy atom. The molecule has 0 aromatic heterocycles. The maximum atomic E-state index is 12.6. The molecule has 5 nitrogen and oxygen atoms in total. The molecule has 1 N–H and O–H groups in total. The number of methoxy groups -OCH3 is 1. The third-order valence-corrected chi connectivity index (χ3v) is 6.03. The van der Waals surface area contributed by atoms with Gasteiger partial charge in [0.2, 0.25) is 5.91 Å². The molecule has 1 aliphatic heterocycles. The number of esters is 1. The lowest BCUT2D eigenvalue weighted by molar-refractivity contribution is -0.129. The summed E-state index contributed by atoms with van der Waals surface area (Å²) in [5.74, 6) is -0.0759. The minimum atomic E-state index is -0.323. The first-order valence-corrected chi connectivity index (χ1v) is 10.8. The lowest BCUT2D eigenvalue weighted by Crippen LogP contribution is -2.34. The van der Waals surface area contributed by atoms with Crippen LogP contribution in [0, 0.1) is 0 Å². The van der Waals surface area contributed by atoms with Crippen LogP contribution in [-0.4, -0.2) is 36.5 Å². The molecule has 1 amide bonds. The van der Waals surface area contributed by atoms with E-state index in [0.717, 1.165) is 31.5 Å². The average molecular weight is 417 g/mol. The van der Waals surface area contributed by atoms with Crippen LogP contribution >= 0.6 is 0 Å². The van der Waals surface area contributed by atoms with E-state index < -0.39 is 0 Å². The van der Waals surface area contributed by atoms with Gasteiger partial charge in [0.15, 0.2) is 0 Å². The number of fused-ring (bicyclic) bond motifs is 1. The van der Waals surface area contributed by atoms with Crippen LogP contribution in [0.2, 0.25) is 0 Å². The second-order valence-electron chi connectivity index (χ2n) is 8.01. The molecule has 3 aromatic carbocycles. The molecule has 0 radical (unpaired) electrons. The molecule has 1 fully saturated rings. The first-order valence-electron chi connectivity index (χ1n) is 10.8. The lowest BCUT2D eigenvalue weighted by Gasteiger charge is -2.26. The molecular weight excluding hydrogens is 388 g/mol. The van der Waals surface area contributed by atoms with Crippen molar-refractivity contribution in [3.05, 3.63) is 83.4 Å². The molecule has 3 aromatic rings. The Kier molecular flexibility index (Phi) is 6.63. The van der Waals surface area contributed by atoms with Crippen molar-refractivity contribution >= 4 is 22.6 Å². The lowest BCUT2D eigenvalue weighted by atomic mass is 10.0. The van der Waals surface area contributed by atoms with Gasteiger partial charge in [-0.05, 0) is 53.4 Å². The summed E-state index contributed by atoms with van der Waals surface area (Å²) in [4.78, 5) is 26.1. The monoisotopic (exact) mass is 416 g/mol. The van der Waals surface area contributed by atoms with Crippen LogP contribution in [0.3, 0.4) is 0 Å². The summed E-state index contributed by atoms with van der Waals surface area (Å²) >= 11 is 0. The first-order chi connectivity index (χ1) is 15.2. The van der Waals surface area contributed by atoms with Gasteiger partial charge in [-0.1, -0.05) is 54.6 Å². The third kappa shape index (κ3) is 4.94. The van der Waals surface area contributed by atoms with Crippen LogP contribution in [-0.2, 0) is 22.6 Å². The molecule has 0 spiro atoms. The van der Waals surface area contributed by atoms with E-state index in [4.69, 9.17) is 4.74 Å². The van der Waals surface area contributed by atoms with Crippen LogP contribution in [0.25, 0.3) is 10.8 Å². The highest BCUT2D eigenvalue weighted by Crippen LogP contribution is 2.26. The Labute approximate surface area is 183 Å². The summed E-state index contributed by atoms with van der Waals surface area (Å²) in [5.41, 5.74) is 2.87. The largest absolute Gasteiger partial charge is 0.465 e. The first kappa shape index (κ1) is 21.1.